The summed E-state index contributed by atoms with van der Waals surface area (Å²) < 4.78 is 0. The Bertz CT molecular complexity index is 860. The number of nitrogens with zero attached hydrogens (tertiary/aromatic N) is 1. The van der Waals surface area contributed by atoms with Crippen LogP contribution >= 0.6 is 11.6 Å². The summed E-state index contributed by atoms with van der Waals surface area (Å²) in [7, 11) is 0. The van der Waals surface area contributed by atoms with Crippen molar-refractivity contribution in [3.63, 3.8) is 0 Å². The second-order valence-electron chi connectivity index (χ2n) is 7.29. The van der Waals surface area contributed by atoms with Gasteiger partial charge in [-0.3, -0.25) is 4.79 Å². The van der Waals surface area contributed by atoms with Gasteiger partial charge in [0.1, 0.15) is 0 Å². The molecule has 4 nitrogen and oxygen atoms in total. The summed E-state index contributed by atoms with van der Waals surface area (Å²) in [5, 5.41) is 8.09. The molecule has 1 amide bonds. The van der Waals surface area contributed by atoms with Crippen LogP contribution in [0.3, 0.4) is 0 Å². The van der Waals surface area contributed by atoms with E-state index in [0.29, 0.717) is 22.9 Å². The number of anilines is 1. The second kappa shape index (κ2) is 7.34. The van der Waals surface area contributed by atoms with Crippen molar-refractivity contribution in [3.05, 3.63) is 70.3 Å². The monoisotopic (exact) mass is 367 g/mol. The number of carbonyl (C=O) groups excluding carboxylic acids is 1. The second-order valence-corrected chi connectivity index (χ2v) is 7.73. The maximum atomic E-state index is 12.1. The molecule has 0 saturated carbocycles. The first-order valence-electron chi connectivity index (χ1n) is 8.52. The fraction of sp³-hybridized carbons (Fsp3) is 0.238. The van der Waals surface area contributed by atoms with Crippen molar-refractivity contribution < 1.29 is 4.79 Å². The first-order chi connectivity index (χ1) is 12.3. The van der Waals surface area contributed by atoms with Gasteiger partial charge in [-0.15, -0.1) is 0 Å². The van der Waals surface area contributed by atoms with Crippen molar-refractivity contribution in [2.75, 3.05) is 11.9 Å². The molecular formula is C21H22ClN3O. The molecule has 134 valence electrons. The van der Waals surface area contributed by atoms with Gasteiger partial charge in [-0.05, 0) is 46.9 Å². The van der Waals surface area contributed by atoms with E-state index in [9.17, 15) is 4.79 Å². The van der Waals surface area contributed by atoms with Crippen molar-refractivity contribution in [3.8, 4) is 0 Å². The summed E-state index contributed by atoms with van der Waals surface area (Å²) in [6.07, 6.45) is 1.87. The van der Waals surface area contributed by atoms with Gasteiger partial charge in [-0.1, -0.05) is 56.6 Å². The van der Waals surface area contributed by atoms with E-state index < -0.39 is 0 Å². The van der Waals surface area contributed by atoms with E-state index in [0.717, 1.165) is 11.3 Å². The molecular weight excluding hydrogens is 346 g/mol. The Labute approximate surface area is 159 Å². The predicted molar refractivity (Wildman–Crippen MR) is 109 cm³/mol. The van der Waals surface area contributed by atoms with Crippen molar-refractivity contribution in [2.45, 2.75) is 26.2 Å². The molecule has 2 aromatic carbocycles. The summed E-state index contributed by atoms with van der Waals surface area (Å²) in [4.78, 5) is 12.1. The molecule has 2 N–H and O–H groups in total. The van der Waals surface area contributed by atoms with Gasteiger partial charge in [0.15, 0.2) is 0 Å². The molecule has 0 fully saturated rings. The van der Waals surface area contributed by atoms with Crippen LogP contribution in [0.25, 0.3) is 6.08 Å². The van der Waals surface area contributed by atoms with E-state index in [2.05, 4.69) is 48.7 Å². The van der Waals surface area contributed by atoms with Gasteiger partial charge in [0.05, 0.1) is 17.8 Å². The zero-order valence-electron chi connectivity index (χ0n) is 15.1. The van der Waals surface area contributed by atoms with Gasteiger partial charge in [0, 0.05) is 10.7 Å². The summed E-state index contributed by atoms with van der Waals surface area (Å²) in [5.41, 5.74) is 7.06. The zero-order valence-corrected chi connectivity index (χ0v) is 15.9. The fourth-order valence-corrected chi connectivity index (χ4v) is 2.78. The van der Waals surface area contributed by atoms with Gasteiger partial charge in [0.25, 0.3) is 5.91 Å². The number of benzene rings is 2. The van der Waals surface area contributed by atoms with Crippen LogP contribution in [-0.2, 0) is 10.2 Å². The molecule has 5 heteroatoms. The molecule has 0 unspecified atom stereocenters. The molecule has 2 aromatic rings. The minimum atomic E-state index is -0.183. The predicted octanol–water partition coefficient (Wildman–Crippen LogP) is 4.62. The van der Waals surface area contributed by atoms with Crippen LogP contribution in [0.15, 0.2) is 59.2 Å². The van der Waals surface area contributed by atoms with Crippen LogP contribution in [-0.4, -0.2) is 18.2 Å². The number of amides is 1. The molecule has 0 aliphatic carbocycles. The van der Waals surface area contributed by atoms with E-state index >= 15 is 0 Å². The molecule has 3 rings (SSSR count). The lowest BCUT2D eigenvalue weighted by Crippen LogP contribution is -2.17. The minimum Gasteiger partial charge on any atom is -0.379 e. The SMILES string of the molecule is CC(C)(C)c1ccc(/C=C2\C(=O)NN=C2CNc2ccc(Cl)cc2)cc1. The number of nitrogens with one attached hydrogen (secondary N) is 2. The Kier molecular flexibility index (Phi) is 5.14. The van der Waals surface area contributed by atoms with E-state index in [4.69, 9.17) is 11.6 Å². The maximum absolute atomic E-state index is 12.1. The van der Waals surface area contributed by atoms with Crippen LogP contribution in [0.1, 0.15) is 31.9 Å². The summed E-state index contributed by atoms with van der Waals surface area (Å²) >= 11 is 5.90. The number of hydrazone groups is 1. The van der Waals surface area contributed by atoms with E-state index in [-0.39, 0.29) is 11.3 Å². The molecule has 0 saturated heterocycles. The van der Waals surface area contributed by atoms with Crippen molar-refractivity contribution in [2.24, 2.45) is 5.10 Å². The molecule has 0 bridgehead atoms. The lowest BCUT2D eigenvalue weighted by Gasteiger charge is -2.18. The van der Waals surface area contributed by atoms with E-state index in [1.165, 1.54) is 5.56 Å². The van der Waals surface area contributed by atoms with Gasteiger partial charge in [0.2, 0.25) is 0 Å². The van der Waals surface area contributed by atoms with Crippen LogP contribution in [0, 0.1) is 0 Å². The lowest BCUT2D eigenvalue weighted by molar-refractivity contribution is -0.116. The minimum absolute atomic E-state index is 0.103. The van der Waals surface area contributed by atoms with Crippen molar-refractivity contribution in [1.82, 2.24) is 5.43 Å². The molecule has 1 heterocycles. The Morgan fingerprint density at radius 1 is 1.08 bits per heavy atom. The Morgan fingerprint density at radius 2 is 1.73 bits per heavy atom. The molecule has 0 aromatic heterocycles. The smallest absolute Gasteiger partial charge is 0.273 e. The highest BCUT2D eigenvalue weighted by atomic mass is 35.5. The highest BCUT2D eigenvalue weighted by molar-refractivity contribution is 6.30. The first-order valence-corrected chi connectivity index (χ1v) is 8.90. The standard InChI is InChI=1S/C21H22ClN3O/c1-21(2,3)15-6-4-14(5-7-15)12-18-19(24-25-20(18)26)13-23-17-10-8-16(22)9-11-17/h4-12,23H,13H2,1-3H3,(H,25,26)/b18-12-. The Morgan fingerprint density at radius 3 is 2.35 bits per heavy atom. The van der Waals surface area contributed by atoms with Gasteiger partial charge >= 0.3 is 0 Å². The highest BCUT2D eigenvalue weighted by Crippen LogP contribution is 2.23. The molecule has 0 atom stereocenters. The van der Waals surface area contributed by atoms with Crippen LogP contribution < -0.4 is 10.7 Å². The van der Waals surface area contributed by atoms with E-state index in [1.807, 2.05) is 42.5 Å². The third kappa shape index (κ3) is 4.33. The van der Waals surface area contributed by atoms with Gasteiger partial charge in [-0.25, -0.2) is 5.43 Å². The normalized spacial score (nSPS) is 15.8. The third-order valence-corrected chi connectivity index (χ3v) is 4.49. The molecule has 26 heavy (non-hydrogen) atoms. The highest BCUT2D eigenvalue weighted by Gasteiger charge is 2.22. The lowest BCUT2D eigenvalue weighted by atomic mass is 9.86. The van der Waals surface area contributed by atoms with E-state index in [1.54, 1.807) is 0 Å². The Hall–Kier alpha value is -2.59. The van der Waals surface area contributed by atoms with Crippen molar-refractivity contribution in [1.29, 1.82) is 0 Å². The summed E-state index contributed by atoms with van der Waals surface area (Å²) in [5.74, 6) is -0.183. The number of carbonyl (C=O) groups is 1. The average Bonchev–Trinajstić information content (AvgIpc) is 2.94. The maximum Gasteiger partial charge on any atom is 0.273 e. The summed E-state index contributed by atoms with van der Waals surface area (Å²) in [6, 6.07) is 15.7. The molecule has 0 spiro atoms. The average molecular weight is 368 g/mol. The number of halogens is 1. The molecule has 0 radical (unpaired) electrons. The van der Waals surface area contributed by atoms with Crippen LogP contribution in [0.2, 0.25) is 5.02 Å². The Balaban J connectivity index is 1.74. The number of hydrogen-bond donors (Lipinski definition) is 2. The number of hydrogen-bond acceptors (Lipinski definition) is 3. The third-order valence-electron chi connectivity index (χ3n) is 4.24. The van der Waals surface area contributed by atoms with Crippen LogP contribution in [0.4, 0.5) is 5.69 Å². The number of rotatable bonds is 4. The largest absolute Gasteiger partial charge is 0.379 e. The summed E-state index contributed by atoms with van der Waals surface area (Å²) in [6.45, 7) is 6.99. The fourth-order valence-electron chi connectivity index (χ4n) is 2.65. The quantitative estimate of drug-likeness (QED) is 0.775. The molecule has 1 aliphatic rings. The van der Waals surface area contributed by atoms with Crippen LogP contribution in [0.5, 0.6) is 0 Å². The topological polar surface area (TPSA) is 53.5 Å². The first kappa shape index (κ1) is 18.2. The van der Waals surface area contributed by atoms with Crippen molar-refractivity contribution >= 4 is 35.0 Å². The van der Waals surface area contributed by atoms with Gasteiger partial charge < -0.3 is 5.32 Å². The molecule has 1 aliphatic heterocycles. The zero-order chi connectivity index (χ0) is 18.7. The van der Waals surface area contributed by atoms with Gasteiger partial charge in [-0.2, -0.15) is 5.10 Å².